The number of anilines is 1. The van der Waals surface area contributed by atoms with Crippen LogP contribution >= 0.6 is 11.6 Å². The fourth-order valence-electron chi connectivity index (χ4n) is 2.34. The number of benzene rings is 1. The molecule has 9 heteroatoms. The van der Waals surface area contributed by atoms with E-state index in [4.69, 9.17) is 11.6 Å². The number of nitrogens with zero attached hydrogens (tertiary/aromatic N) is 4. The number of rotatable bonds is 6. The predicted octanol–water partition coefficient (Wildman–Crippen LogP) is 2.91. The highest BCUT2D eigenvalue weighted by Gasteiger charge is 2.18. The van der Waals surface area contributed by atoms with Crippen LogP contribution in [-0.4, -0.2) is 28.0 Å². The Labute approximate surface area is 151 Å². The minimum absolute atomic E-state index is 0.110. The van der Waals surface area contributed by atoms with E-state index in [0.29, 0.717) is 18.1 Å². The summed E-state index contributed by atoms with van der Waals surface area (Å²) in [5, 5.41) is 8.99. The molecule has 0 spiro atoms. The van der Waals surface area contributed by atoms with Crippen molar-refractivity contribution in [3.05, 3.63) is 59.0 Å². The van der Waals surface area contributed by atoms with E-state index >= 15 is 0 Å². The molecule has 3 rings (SSSR count). The Morgan fingerprint density at radius 2 is 1.96 bits per heavy atom. The van der Waals surface area contributed by atoms with Gasteiger partial charge in [0.1, 0.15) is 4.90 Å². The van der Waals surface area contributed by atoms with Crippen LogP contribution in [0.3, 0.4) is 0 Å². The predicted molar refractivity (Wildman–Crippen MR) is 96.2 cm³/mol. The van der Waals surface area contributed by atoms with E-state index in [1.807, 2.05) is 38.1 Å². The molecule has 1 aromatic carbocycles. The fourth-order valence-corrected chi connectivity index (χ4v) is 3.40. The molecule has 0 aliphatic rings. The van der Waals surface area contributed by atoms with Gasteiger partial charge in [0, 0.05) is 29.5 Å². The average molecular weight is 380 g/mol. The standard InChI is InChI=1S/C16H18ClN5O2S/c1-3-21-11-15(9-18-21)25(23,24)20-16-8-12(2)22(19-16)10-13-4-6-14(17)7-5-13/h4-9,11H,3,10H2,1-2H3,(H,19,20). The van der Waals surface area contributed by atoms with Crippen LogP contribution in [0.2, 0.25) is 5.02 Å². The van der Waals surface area contributed by atoms with E-state index < -0.39 is 10.0 Å². The summed E-state index contributed by atoms with van der Waals surface area (Å²) in [6.45, 7) is 4.89. The van der Waals surface area contributed by atoms with Gasteiger partial charge in [0.15, 0.2) is 5.82 Å². The van der Waals surface area contributed by atoms with Crippen molar-refractivity contribution in [2.75, 3.05) is 4.72 Å². The lowest BCUT2D eigenvalue weighted by atomic mass is 10.2. The summed E-state index contributed by atoms with van der Waals surface area (Å²) in [5.41, 5.74) is 1.87. The Bertz CT molecular complexity index is 976. The molecular weight excluding hydrogens is 362 g/mol. The molecule has 3 aromatic rings. The molecule has 2 aromatic heterocycles. The SMILES string of the molecule is CCn1cc(S(=O)(=O)Nc2cc(C)n(Cc3ccc(Cl)cc3)n2)cn1. The quantitative estimate of drug-likeness (QED) is 0.713. The van der Waals surface area contributed by atoms with E-state index in [1.165, 1.54) is 12.4 Å². The van der Waals surface area contributed by atoms with Crippen LogP contribution in [0.5, 0.6) is 0 Å². The number of aromatic nitrogens is 4. The molecule has 0 aliphatic carbocycles. The Balaban J connectivity index is 1.78. The Morgan fingerprint density at radius 1 is 1.24 bits per heavy atom. The number of aryl methyl sites for hydroxylation is 2. The van der Waals surface area contributed by atoms with Crippen LogP contribution in [0.25, 0.3) is 0 Å². The second kappa shape index (κ2) is 6.89. The first-order chi connectivity index (χ1) is 11.9. The zero-order valence-electron chi connectivity index (χ0n) is 13.8. The number of hydrogen-bond acceptors (Lipinski definition) is 4. The summed E-state index contributed by atoms with van der Waals surface area (Å²) in [4.78, 5) is 0.110. The maximum atomic E-state index is 12.4. The van der Waals surface area contributed by atoms with Crippen LogP contribution in [0.1, 0.15) is 18.2 Å². The molecule has 132 valence electrons. The van der Waals surface area contributed by atoms with Crippen molar-refractivity contribution in [2.45, 2.75) is 31.8 Å². The van der Waals surface area contributed by atoms with Gasteiger partial charge in [0.25, 0.3) is 10.0 Å². The van der Waals surface area contributed by atoms with E-state index in [-0.39, 0.29) is 10.7 Å². The number of sulfonamides is 1. The molecule has 0 radical (unpaired) electrons. The van der Waals surface area contributed by atoms with E-state index in [0.717, 1.165) is 11.3 Å². The Morgan fingerprint density at radius 3 is 2.60 bits per heavy atom. The topological polar surface area (TPSA) is 81.8 Å². The van der Waals surface area contributed by atoms with E-state index in [2.05, 4.69) is 14.9 Å². The van der Waals surface area contributed by atoms with Gasteiger partial charge in [-0.1, -0.05) is 23.7 Å². The van der Waals surface area contributed by atoms with Crippen molar-refractivity contribution in [3.63, 3.8) is 0 Å². The molecule has 0 amide bonds. The summed E-state index contributed by atoms with van der Waals surface area (Å²) in [6.07, 6.45) is 2.81. The molecule has 1 N–H and O–H groups in total. The molecule has 0 unspecified atom stereocenters. The van der Waals surface area contributed by atoms with Gasteiger partial charge in [-0.3, -0.25) is 14.1 Å². The zero-order valence-corrected chi connectivity index (χ0v) is 15.4. The first kappa shape index (κ1) is 17.5. The normalized spacial score (nSPS) is 11.6. The van der Waals surface area contributed by atoms with Crippen molar-refractivity contribution < 1.29 is 8.42 Å². The molecule has 0 fully saturated rings. The molecular formula is C16H18ClN5O2S. The number of hydrogen-bond donors (Lipinski definition) is 1. The van der Waals surface area contributed by atoms with Gasteiger partial charge in [-0.2, -0.15) is 10.2 Å². The Kier molecular flexibility index (Phi) is 4.82. The van der Waals surface area contributed by atoms with Gasteiger partial charge in [-0.15, -0.1) is 0 Å². The zero-order chi connectivity index (χ0) is 18.0. The third-order valence-electron chi connectivity index (χ3n) is 3.71. The monoisotopic (exact) mass is 379 g/mol. The number of nitrogens with one attached hydrogen (secondary N) is 1. The lowest BCUT2D eigenvalue weighted by Gasteiger charge is -2.05. The highest BCUT2D eigenvalue weighted by atomic mass is 35.5. The molecule has 0 saturated heterocycles. The third kappa shape index (κ3) is 4.02. The van der Waals surface area contributed by atoms with Crippen LogP contribution < -0.4 is 4.72 Å². The maximum Gasteiger partial charge on any atom is 0.266 e. The van der Waals surface area contributed by atoms with Gasteiger partial charge in [-0.25, -0.2) is 8.42 Å². The molecule has 7 nitrogen and oxygen atoms in total. The summed E-state index contributed by atoms with van der Waals surface area (Å²) in [7, 11) is -3.71. The van der Waals surface area contributed by atoms with Crippen molar-refractivity contribution >= 4 is 27.4 Å². The highest BCUT2D eigenvalue weighted by molar-refractivity contribution is 7.92. The lowest BCUT2D eigenvalue weighted by Crippen LogP contribution is -2.13. The smallest absolute Gasteiger partial charge is 0.266 e. The Hall–Kier alpha value is -2.32. The van der Waals surface area contributed by atoms with Crippen molar-refractivity contribution in [3.8, 4) is 0 Å². The summed E-state index contributed by atoms with van der Waals surface area (Å²) in [6, 6.07) is 9.13. The summed E-state index contributed by atoms with van der Waals surface area (Å²) < 4.78 is 30.6. The lowest BCUT2D eigenvalue weighted by molar-refractivity contribution is 0.600. The van der Waals surface area contributed by atoms with Gasteiger partial charge in [0.05, 0.1) is 12.7 Å². The maximum absolute atomic E-state index is 12.4. The second-order valence-corrected chi connectivity index (χ2v) is 7.71. The highest BCUT2D eigenvalue weighted by Crippen LogP contribution is 2.17. The fraction of sp³-hybridized carbons (Fsp3) is 0.250. The van der Waals surface area contributed by atoms with Crippen LogP contribution in [0.4, 0.5) is 5.82 Å². The molecule has 2 heterocycles. The average Bonchev–Trinajstić information content (AvgIpc) is 3.17. The summed E-state index contributed by atoms with van der Waals surface area (Å²) >= 11 is 5.89. The molecule has 0 atom stereocenters. The van der Waals surface area contributed by atoms with Gasteiger partial charge in [-0.05, 0) is 31.5 Å². The molecule has 25 heavy (non-hydrogen) atoms. The molecule has 0 saturated carbocycles. The minimum Gasteiger partial charge on any atom is -0.272 e. The second-order valence-electron chi connectivity index (χ2n) is 5.59. The third-order valence-corrected chi connectivity index (χ3v) is 5.27. The van der Waals surface area contributed by atoms with Crippen molar-refractivity contribution in [1.29, 1.82) is 0 Å². The molecule has 0 aliphatic heterocycles. The van der Waals surface area contributed by atoms with Crippen molar-refractivity contribution in [2.24, 2.45) is 0 Å². The first-order valence-electron chi connectivity index (χ1n) is 7.71. The summed E-state index contributed by atoms with van der Waals surface area (Å²) in [5.74, 6) is 0.274. The van der Waals surface area contributed by atoms with Gasteiger partial charge in [0.2, 0.25) is 0 Å². The van der Waals surface area contributed by atoms with E-state index in [1.54, 1.807) is 15.4 Å². The van der Waals surface area contributed by atoms with Gasteiger partial charge < -0.3 is 0 Å². The number of halogens is 1. The first-order valence-corrected chi connectivity index (χ1v) is 9.57. The largest absolute Gasteiger partial charge is 0.272 e. The minimum atomic E-state index is -3.71. The van der Waals surface area contributed by atoms with Crippen molar-refractivity contribution in [1.82, 2.24) is 19.6 Å². The van der Waals surface area contributed by atoms with Crippen LogP contribution in [-0.2, 0) is 23.1 Å². The van der Waals surface area contributed by atoms with E-state index in [9.17, 15) is 8.42 Å². The van der Waals surface area contributed by atoms with Crippen LogP contribution in [0.15, 0.2) is 47.6 Å². The molecule has 0 bridgehead atoms. The van der Waals surface area contributed by atoms with Crippen LogP contribution in [0, 0.1) is 6.92 Å². The van der Waals surface area contributed by atoms with Gasteiger partial charge >= 0.3 is 0 Å².